The summed E-state index contributed by atoms with van der Waals surface area (Å²) in [6.45, 7) is 4.40. The van der Waals surface area contributed by atoms with Gasteiger partial charge in [-0.3, -0.25) is 0 Å². The van der Waals surface area contributed by atoms with Gasteiger partial charge in [0.1, 0.15) is 5.60 Å². The van der Waals surface area contributed by atoms with E-state index in [-0.39, 0.29) is 18.0 Å². The Labute approximate surface area is 113 Å². The summed E-state index contributed by atoms with van der Waals surface area (Å²) in [5.41, 5.74) is 0.875. The molecule has 0 amide bonds. The van der Waals surface area contributed by atoms with Crippen LogP contribution in [-0.4, -0.2) is 38.9 Å². The predicted molar refractivity (Wildman–Crippen MR) is 71.5 cm³/mol. The summed E-state index contributed by atoms with van der Waals surface area (Å²) in [7, 11) is -3.59. The Morgan fingerprint density at radius 2 is 2.11 bits per heavy atom. The van der Waals surface area contributed by atoms with Crippen molar-refractivity contribution in [2.75, 3.05) is 19.8 Å². The fourth-order valence-corrected chi connectivity index (χ4v) is 3.13. The Hall–Kier alpha value is -0.950. The summed E-state index contributed by atoms with van der Waals surface area (Å²) in [6, 6.07) is 4.98. The fourth-order valence-electron chi connectivity index (χ4n) is 1.93. The summed E-state index contributed by atoms with van der Waals surface area (Å²) in [5, 5.41) is 10.0. The molecule has 6 heteroatoms. The van der Waals surface area contributed by atoms with Gasteiger partial charge < -0.3 is 9.84 Å². The molecule has 0 aromatic heterocycles. The zero-order chi connectivity index (χ0) is 14.1. The smallest absolute Gasteiger partial charge is 0.240 e. The van der Waals surface area contributed by atoms with Gasteiger partial charge in [0.15, 0.2) is 0 Å². The number of hydrogen-bond acceptors (Lipinski definition) is 4. The minimum Gasteiger partial charge on any atom is -0.386 e. The van der Waals surface area contributed by atoms with Gasteiger partial charge in [-0.05, 0) is 37.1 Å². The third kappa shape index (κ3) is 3.33. The van der Waals surface area contributed by atoms with Gasteiger partial charge in [0.25, 0.3) is 0 Å². The quantitative estimate of drug-likeness (QED) is 0.855. The standard InChI is InChI=1S/C13H19NO4S/c1-10-3-4-12(7-11(10)2)19(16,17)14-8-13(15)5-6-18-9-13/h3-4,7,14-15H,5-6,8-9H2,1-2H3/t13-/m1/s1. The average Bonchev–Trinajstić information content (AvgIpc) is 2.78. The van der Waals surface area contributed by atoms with E-state index >= 15 is 0 Å². The van der Waals surface area contributed by atoms with Gasteiger partial charge in [-0.15, -0.1) is 0 Å². The van der Waals surface area contributed by atoms with Crippen molar-refractivity contribution in [3.63, 3.8) is 0 Å². The van der Waals surface area contributed by atoms with Gasteiger partial charge in [-0.25, -0.2) is 13.1 Å². The number of hydrogen-bond donors (Lipinski definition) is 2. The highest BCUT2D eigenvalue weighted by Crippen LogP contribution is 2.19. The van der Waals surface area contributed by atoms with Crippen LogP contribution >= 0.6 is 0 Å². The molecule has 1 heterocycles. The first kappa shape index (κ1) is 14.5. The SMILES string of the molecule is Cc1ccc(S(=O)(=O)NC[C@]2(O)CCOC2)cc1C. The summed E-state index contributed by atoms with van der Waals surface area (Å²) in [6.07, 6.45) is 0.447. The lowest BCUT2D eigenvalue weighted by Gasteiger charge is -2.20. The molecule has 1 atom stereocenters. The van der Waals surface area contributed by atoms with Crippen molar-refractivity contribution in [2.24, 2.45) is 0 Å². The molecule has 19 heavy (non-hydrogen) atoms. The zero-order valence-corrected chi connectivity index (χ0v) is 12.0. The van der Waals surface area contributed by atoms with Gasteiger partial charge in [0, 0.05) is 19.6 Å². The van der Waals surface area contributed by atoms with Crippen LogP contribution in [0.15, 0.2) is 23.1 Å². The van der Waals surface area contributed by atoms with Crippen molar-refractivity contribution in [3.8, 4) is 0 Å². The second kappa shape index (κ2) is 5.20. The number of ether oxygens (including phenoxy) is 1. The maximum absolute atomic E-state index is 12.1. The first-order valence-electron chi connectivity index (χ1n) is 6.19. The molecule has 0 spiro atoms. The van der Waals surface area contributed by atoms with Crippen LogP contribution in [0.2, 0.25) is 0 Å². The first-order valence-corrected chi connectivity index (χ1v) is 7.68. The van der Waals surface area contributed by atoms with Crippen LogP contribution in [0, 0.1) is 13.8 Å². The van der Waals surface area contributed by atoms with Crippen LogP contribution in [0.3, 0.4) is 0 Å². The van der Waals surface area contributed by atoms with E-state index in [9.17, 15) is 13.5 Å². The van der Waals surface area contributed by atoms with Crippen molar-refractivity contribution in [1.82, 2.24) is 4.72 Å². The van der Waals surface area contributed by atoms with Crippen LogP contribution in [0.5, 0.6) is 0 Å². The van der Waals surface area contributed by atoms with Gasteiger partial charge >= 0.3 is 0 Å². The van der Waals surface area contributed by atoms with Crippen LogP contribution in [0.1, 0.15) is 17.5 Å². The number of nitrogens with one attached hydrogen (secondary N) is 1. The Morgan fingerprint density at radius 3 is 2.68 bits per heavy atom. The Bertz CT molecular complexity index is 562. The van der Waals surface area contributed by atoms with Crippen LogP contribution in [-0.2, 0) is 14.8 Å². The maximum Gasteiger partial charge on any atom is 0.240 e. The molecule has 2 rings (SSSR count). The van der Waals surface area contributed by atoms with E-state index in [0.29, 0.717) is 13.0 Å². The molecule has 1 aliphatic rings. The molecule has 1 fully saturated rings. The number of aryl methyl sites for hydroxylation is 2. The third-order valence-electron chi connectivity index (χ3n) is 3.46. The molecule has 0 aliphatic carbocycles. The number of rotatable bonds is 4. The largest absolute Gasteiger partial charge is 0.386 e. The normalized spacial score (nSPS) is 23.7. The molecular weight excluding hydrogens is 266 g/mol. The van der Waals surface area contributed by atoms with Crippen molar-refractivity contribution in [1.29, 1.82) is 0 Å². The first-order chi connectivity index (χ1) is 8.82. The highest BCUT2D eigenvalue weighted by Gasteiger charge is 2.33. The summed E-state index contributed by atoms with van der Waals surface area (Å²) < 4.78 is 31.8. The van der Waals surface area contributed by atoms with Crippen molar-refractivity contribution >= 4 is 10.0 Å². The molecular formula is C13H19NO4S. The van der Waals surface area contributed by atoms with E-state index in [1.165, 1.54) is 0 Å². The monoisotopic (exact) mass is 285 g/mol. The van der Waals surface area contributed by atoms with Gasteiger partial charge in [0.2, 0.25) is 10.0 Å². The van der Waals surface area contributed by atoms with Crippen molar-refractivity contribution < 1.29 is 18.3 Å². The lowest BCUT2D eigenvalue weighted by Crippen LogP contribution is -2.43. The molecule has 1 saturated heterocycles. The Balaban J connectivity index is 2.11. The van der Waals surface area contributed by atoms with Crippen molar-refractivity contribution in [2.45, 2.75) is 30.8 Å². The fraction of sp³-hybridized carbons (Fsp3) is 0.538. The van der Waals surface area contributed by atoms with E-state index in [2.05, 4.69) is 4.72 Å². The van der Waals surface area contributed by atoms with E-state index in [1.54, 1.807) is 18.2 Å². The minimum atomic E-state index is -3.59. The van der Waals surface area contributed by atoms with Crippen LogP contribution in [0.4, 0.5) is 0 Å². The Morgan fingerprint density at radius 1 is 1.37 bits per heavy atom. The molecule has 1 aromatic carbocycles. The molecule has 1 aromatic rings. The molecule has 1 aliphatic heterocycles. The highest BCUT2D eigenvalue weighted by molar-refractivity contribution is 7.89. The second-order valence-corrected chi connectivity index (χ2v) is 6.86. The average molecular weight is 285 g/mol. The summed E-state index contributed by atoms with van der Waals surface area (Å²) in [4.78, 5) is 0.220. The number of aliphatic hydroxyl groups is 1. The molecule has 0 radical (unpaired) electrons. The topological polar surface area (TPSA) is 75.6 Å². The van der Waals surface area contributed by atoms with E-state index in [4.69, 9.17) is 4.74 Å². The van der Waals surface area contributed by atoms with Gasteiger partial charge in [-0.1, -0.05) is 6.07 Å². The molecule has 0 bridgehead atoms. The maximum atomic E-state index is 12.1. The third-order valence-corrected chi connectivity index (χ3v) is 4.86. The lowest BCUT2D eigenvalue weighted by molar-refractivity contribution is 0.0314. The summed E-state index contributed by atoms with van der Waals surface area (Å²) >= 11 is 0. The summed E-state index contributed by atoms with van der Waals surface area (Å²) in [5.74, 6) is 0. The zero-order valence-electron chi connectivity index (χ0n) is 11.1. The van der Waals surface area contributed by atoms with Crippen LogP contribution < -0.4 is 4.72 Å². The molecule has 2 N–H and O–H groups in total. The lowest BCUT2D eigenvalue weighted by atomic mass is 10.1. The van der Waals surface area contributed by atoms with Gasteiger partial charge in [-0.2, -0.15) is 0 Å². The number of sulfonamides is 1. The minimum absolute atomic E-state index is 0.0255. The Kier molecular flexibility index (Phi) is 3.96. The van der Waals surface area contributed by atoms with E-state index < -0.39 is 15.6 Å². The van der Waals surface area contributed by atoms with Gasteiger partial charge in [0.05, 0.1) is 11.5 Å². The predicted octanol–water partition coefficient (Wildman–Crippen LogP) is 0.733. The van der Waals surface area contributed by atoms with E-state index in [1.807, 2.05) is 13.8 Å². The molecule has 0 unspecified atom stereocenters. The molecule has 106 valence electrons. The molecule has 0 saturated carbocycles. The van der Waals surface area contributed by atoms with E-state index in [0.717, 1.165) is 11.1 Å². The molecule has 5 nitrogen and oxygen atoms in total. The second-order valence-electron chi connectivity index (χ2n) is 5.10. The van der Waals surface area contributed by atoms with Crippen molar-refractivity contribution in [3.05, 3.63) is 29.3 Å². The van der Waals surface area contributed by atoms with Crippen LogP contribution in [0.25, 0.3) is 0 Å². The highest BCUT2D eigenvalue weighted by atomic mass is 32.2. The number of benzene rings is 1.